The van der Waals surface area contributed by atoms with E-state index < -0.39 is 11.4 Å². The molecule has 1 N–H and O–H groups in total. The molecule has 1 aromatic rings. The first-order chi connectivity index (χ1) is 10.1. The number of aliphatic carboxylic acids is 1. The van der Waals surface area contributed by atoms with Crippen molar-refractivity contribution < 1.29 is 14.6 Å². The number of hydrogen-bond donors (Lipinski definition) is 1. The Labute approximate surface area is 125 Å². The van der Waals surface area contributed by atoms with Crippen molar-refractivity contribution >= 4 is 11.9 Å². The Hall–Kier alpha value is -1.85. The zero-order chi connectivity index (χ0) is 15.3. The smallest absolute Gasteiger partial charge is 0.311 e. The molecule has 116 valence electrons. The maximum atomic E-state index is 11.7. The number of carboxylic acids is 1. The van der Waals surface area contributed by atoms with Crippen LogP contribution in [-0.4, -0.2) is 40.7 Å². The number of carboxylic acid groups (broad SMARTS) is 1. The molecule has 0 bridgehead atoms. The lowest BCUT2D eigenvalue weighted by Crippen LogP contribution is -2.48. The number of piperidine rings is 1. The van der Waals surface area contributed by atoms with E-state index in [-0.39, 0.29) is 0 Å². The average molecular weight is 293 g/mol. The van der Waals surface area contributed by atoms with E-state index in [0.29, 0.717) is 31.4 Å². The van der Waals surface area contributed by atoms with E-state index in [4.69, 9.17) is 4.74 Å². The van der Waals surface area contributed by atoms with Crippen molar-refractivity contribution in [2.75, 3.05) is 24.6 Å². The Morgan fingerprint density at radius 3 is 3.00 bits per heavy atom. The first kappa shape index (κ1) is 15.5. The second-order valence-electron chi connectivity index (χ2n) is 5.49. The molecule has 6 nitrogen and oxygen atoms in total. The molecule has 2 heterocycles. The van der Waals surface area contributed by atoms with Crippen LogP contribution >= 0.6 is 0 Å². The lowest BCUT2D eigenvalue weighted by Gasteiger charge is -2.39. The summed E-state index contributed by atoms with van der Waals surface area (Å²) in [5, 5.41) is 9.63. The molecule has 1 saturated heterocycles. The third-order valence-corrected chi connectivity index (χ3v) is 3.95. The van der Waals surface area contributed by atoms with Crippen LogP contribution in [0.15, 0.2) is 12.3 Å². The molecule has 0 amide bonds. The first-order valence-electron chi connectivity index (χ1n) is 7.55. The molecular weight excluding hydrogens is 270 g/mol. The molecule has 0 radical (unpaired) electrons. The molecule has 0 spiro atoms. The maximum absolute atomic E-state index is 11.7. The van der Waals surface area contributed by atoms with Gasteiger partial charge in [0.15, 0.2) is 0 Å². The average Bonchev–Trinajstić information content (AvgIpc) is 2.48. The summed E-state index contributed by atoms with van der Waals surface area (Å²) in [5.74, 6) is 0.377. The molecule has 0 saturated carbocycles. The highest BCUT2D eigenvalue weighted by Crippen LogP contribution is 2.36. The van der Waals surface area contributed by atoms with E-state index in [0.717, 1.165) is 25.8 Å². The fourth-order valence-electron chi connectivity index (χ4n) is 2.98. The Morgan fingerprint density at radius 1 is 1.52 bits per heavy atom. The number of carbonyl (C=O) groups is 1. The molecule has 21 heavy (non-hydrogen) atoms. The van der Waals surface area contributed by atoms with Crippen LogP contribution in [0.4, 0.5) is 5.95 Å². The molecule has 6 heteroatoms. The maximum Gasteiger partial charge on any atom is 0.311 e. The van der Waals surface area contributed by atoms with Crippen LogP contribution in [-0.2, 0) is 4.79 Å². The molecule has 1 atom stereocenters. The Bertz CT molecular complexity index is 491. The number of rotatable bonds is 6. The van der Waals surface area contributed by atoms with Crippen LogP contribution in [0.5, 0.6) is 5.88 Å². The minimum atomic E-state index is -0.713. The molecule has 1 aliphatic rings. The molecule has 1 fully saturated rings. The predicted octanol–water partition coefficient (Wildman–Crippen LogP) is 2.35. The quantitative estimate of drug-likeness (QED) is 0.867. The fraction of sp³-hybridized carbons (Fsp3) is 0.667. The van der Waals surface area contributed by atoms with E-state index in [2.05, 4.69) is 9.97 Å². The molecule has 1 aromatic heterocycles. The van der Waals surface area contributed by atoms with E-state index in [1.54, 1.807) is 12.3 Å². The summed E-state index contributed by atoms with van der Waals surface area (Å²) in [4.78, 5) is 22.3. The Balaban J connectivity index is 2.20. The van der Waals surface area contributed by atoms with Gasteiger partial charge < -0.3 is 14.7 Å². The van der Waals surface area contributed by atoms with Gasteiger partial charge in [-0.15, -0.1) is 0 Å². The molecule has 2 rings (SSSR count). The van der Waals surface area contributed by atoms with E-state index >= 15 is 0 Å². The highest BCUT2D eigenvalue weighted by molar-refractivity contribution is 5.75. The van der Waals surface area contributed by atoms with Gasteiger partial charge in [-0.2, -0.15) is 4.98 Å². The molecule has 0 aromatic carbocycles. The van der Waals surface area contributed by atoms with Gasteiger partial charge in [-0.1, -0.05) is 13.3 Å². The zero-order valence-electron chi connectivity index (χ0n) is 12.7. The normalized spacial score (nSPS) is 22.1. The van der Waals surface area contributed by atoms with Gasteiger partial charge in [0.1, 0.15) is 0 Å². The zero-order valence-corrected chi connectivity index (χ0v) is 12.7. The van der Waals surface area contributed by atoms with Gasteiger partial charge in [-0.05, 0) is 26.2 Å². The van der Waals surface area contributed by atoms with Crippen molar-refractivity contribution in [3.05, 3.63) is 12.3 Å². The van der Waals surface area contributed by atoms with Crippen molar-refractivity contribution in [3.8, 4) is 5.88 Å². The Kier molecular flexibility index (Phi) is 4.98. The molecular formula is C15H23N3O3. The summed E-state index contributed by atoms with van der Waals surface area (Å²) < 4.78 is 5.39. The summed E-state index contributed by atoms with van der Waals surface area (Å²) in [6, 6.07) is 1.72. The van der Waals surface area contributed by atoms with Gasteiger partial charge in [0, 0.05) is 25.4 Å². The second kappa shape index (κ2) is 6.74. The van der Waals surface area contributed by atoms with Gasteiger partial charge in [0.05, 0.1) is 12.0 Å². The fourth-order valence-corrected chi connectivity index (χ4v) is 2.98. The van der Waals surface area contributed by atoms with E-state index in [1.165, 1.54) is 0 Å². The third-order valence-electron chi connectivity index (χ3n) is 3.95. The SMILES string of the molecule is CCCC1(C(=O)O)CCCN(c2nccc(OCC)n2)C1. The number of nitrogens with zero attached hydrogens (tertiary/aromatic N) is 3. The van der Waals surface area contributed by atoms with Crippen LogP contribution in [0.3, 0.4) is 0 Å². The van der Waals surface area contributed by atoms with Crippen LogP contribution in [0.1, 0.15) is 39.5 Å². The van der Waals surface area contributed by atoms with Gasteiger partial charge >= 0.3 is 5.97 Å². The van der Waals surface area contributed by atoms with Crippen LogP contribution in [0, 0.1) is 5.41 Å². The minimum absolute atomic E-state index is 0.464. The van der Waals surface area contributed by atoms with Gasteiger partial charge in [-0.25, -0.2) is 4.98 Å². The lowest BCUT2D eigenvalue weighted by molar-refractivity contribution is -0.150. The van der Waals surface area contributed by atoms with Crippen molar-refractivity contribution in [1.29, 1.82) is 0 Å². The highest BCUT2D eigenvalue weighted by Gasteiger charge is 2.42. The monoisotopic (exact) mass is 293 g/mol. The molecule has 0 aliphatic carbocycles. The van der Waals surface area contributed by atoms with Crippen LogP contribution < -0.4 is 9.64 Å². The summed E-state index contributed by atoms with van der Waals surface area (Å²) in [6.45, 7) is 5.72. The van der Waals surface area contributed by atoms with Crippen molar-refractivity contribution in [3.63, 3.8) is 0 Å². The lowest BCUT2D eigenvalue weighted by atomic mass is 9.76. The molecule has 1 unspecified atom stereocenters. The standard InChI is InChI=1S/C15H23N3O3/c1-3-7-15(13(19)20)8-5-10-18(11-15)14-16-9-6-12(17-14)21-4-2/h6,9H,3-5,7-8,10-11H2,1-2H3,(H,19,20). The Morgan fingerprint density at radius 2 is 2.33 bits per heavy atom. The number of aromatic nitrogens is 2. The van der Waals surface area contributed by atoms with Crippen LogP contribution in [0.25, 0.3) is 0 Å². The third kappa shape index (κ3) is 3.43. The highest BCUT2D eigenvalue weighted by atomic mass is 16.5. The number of anilines is 1. The number of hydrogen-bond acceptors (Lipinski definition) is 5. The van der Waals surface area contributed by atoms with E-state index in [1.807, 2.05) is 18.7 Å². The molecule has 1 aliphatic heterocycles. The topological polar surface area (TPSA) is 75.5 Å². The summed E-state index contributed by atoms with van der Waals surface area (Å²) in [7, 11) is 0. The number of ether oxygens (including phenoxy) is 1. The first-order valence-corrected chi connectivity index (χ1v) is 7.55. The van der Waals surface area contributed by atoms with Gasteiger partial charge in [0.2, 0.25) is 11.8 Å². The minimum Gasteiger partial charge on any atom is -0.481 e. The predicted molar refractivity (Wildman–Crippen MR) is 79.6 cm³/mol. The largest absolute Gasteiger partial charge is 0.481 e. The summed E-state index contributed by atoms with van der Waals surface area (Å²) >= 11 is 0. The van der Waals surface area contributed by atoms with Crippen molar-refractivity contribution in [2.24, 2.45) is 5.41 Å². The van der Waals surface area contributed by atoms with Crippen molar-refractivity contribution in [2.45, 2.75) is 39.5 Å². The van der Waals surface area contributed by atoms with E-state index in [9.17, 15) is 9.90 Å². The second-order valence-corrected chi connectivity index (χ2v) is 5.49. The van der Waals surface area contributed by atoms with Crippen LogP contribution in [0.2, 0.25) is 0 Å². The van der Waals surface area contributed by atoms with Gasteiger partial charge in [0.25, 0.3) is 0 Å². The van der Waals surface area contributed by atoms with Gasteiger partial charge in [-0.3, -0.25) is 4.79 Å². The van der Waals surface area contributed by atoms with Crippen molar-refractivity contribution in [1.82, 2.24) is 9.97 Å². The summed E-state index contributed by atoms with van der Waals surface area (Å²) in [5.41, 5.74) is -0.683. The summed E-state index contributed by atoms with van der Waals surface area (Å²) in [6.07, 6.45) is 4.76.